The fraction of sp³-hybridized carbons (Fsp3) is 0.400. The molecule has 0 aliphatic carbocycles. The highest BCUT2D eigenvalue weighted by atomic mass is 32.2. The number of hydrogen-bond donors (Lipinski definition) is 1. The van der Waals surface area contributed by atoms with E-state index in [0.717, 1.165) is 5.69 Å². The summed E-state index contributed by atoms with van der Waals surface area (Å²) in [5, 5.41) is 24.1. The van der Waals surface area contributed by atoms with E-state index >= 15 is 0 Å². The van der Waals surface area contributed by atoms with Crippen LogP contribution in [0.3, 0.4) is 0 Å². The van der Waals surface area contributed by atoms with Crippen molar-refractivity contribution in [3.05, 3.63) is 30.3 Å². The van der Waals surface area contributed by atoms with Crippen molar-refractivity contribution in [3.63, 3.8) is 0 Å². The van der Waals surface area contributed by atoms with Crippen LogP contribution < -0.4 is 5.32 Å². The third-order valence-corrected chi connectivity index (χ3v) is 4.48. The van der Waals surface area contributed by atoms with E-state index in [0.29, 0.717) is 5.16 Å². The first-order chi connectivity index (χ1) is 11.0. The van der Waals surface area contributed by atoms with Crippen LogP contribution in [0.1, 0.15) is 20.8 Å². The second-order valence-electron chi connectivity index (χ2n) is 5.51. The molecular weight excluding hydrogens is 312 g/mol. The Kier molecular flexibility index (Phi) is 5.34. The lowest BCUT2D eigenvalue weighted by Gasteiger charge is -2.27. The maximum Gasteiger partial charge on any atom is 0.231 e. The molecule has 1 heterocycles. The normalized spacial score (nSPS) is 13.3. The van der Waals surface area contributed by atoms with Crippen LogP contribution in [0.25, 0.3) is 5.69 Å². The number of benzene rings is 1. The van der Waals surface area contributed by atoms with Crippen molar-refractivity contribution >= 4 is 17.7 Å². The molecule has 1 aromatic carbocycles. The quantitative estimate of drug-likeness (QED) is 0.811. The van der Waals surface area contributed by atoms with Gasteiger partial charge in [0, 0.05) is 0 Å². The van der Waals surface area contributed by atoms with Gasteiger partial charge >= 0.3 is 0 Å². The zero-order valence-electron chi connectivity index (χ0n) is 13.2. The predicted octanol–water partition coefficient (Wildman–Crippen LogP) is 1.81. The summed E-state index contributed by atoms with van der Waals surface area (Å²) in [5.41, 5.74) is -0.0624. The molecule has 0 radical (unpaired) electrons. The third kappa shape index (κ3) is 4.07. The van der Waals surface area contributed by atoms with Gasteiger partial charge in [-0.1, -0.05) is 43.8 Å². The standard InChI is InChI=1S/C15H18N6OS/c1-11(2)15(3,10-16)17-13(22)9-23-14-18-19-20-21(14)12-7-5-4-6-8-12/h4-8,11H,9H2,1-3H3,(H,17,22)/t15-/m1/s1. The maximum atomic E-state index is 12.1. The van der Waals surface area contributed by atoms with Crippen molar-refractivity contribution in [1.82, 2.24) is 25.5 Å². The minimum Gasteiger partial charge on any atom is -0.337 e. The molecule has 0 aliphatic heterocycles. The molecule has 2 rings (SSSR count). The van der Waals surface area contributed by atoms with Crippen molar-refractivity contribution in [1.29, 1.82) is 5.26 Å². The lowest BCUT2D eigenvalue weighted by molar-refractivity contribution is -0.120. The van der Waals surface area contributed by atoms with Gasteiger partial charge in [0.2, 0.25) is 11.1 Å². The predicted molar refractivity (Wildman–Crippen MR) is 86.9 cm³/mol. The molecular formula is C15H18N6OS. The molecule has 1 aromatic heterocycles. The number of rotatable bonds is 6. The zero-order valence-corrected chi connectivity index (χ0v) is 14.0. The van der Waals surface area contributed by atoms with E-state index in [1.165, 1.54) is 11.8 Å². The Morgan fingerprint density at radius 3 is 2.74 bits per heavy atom. The van der Waals surface area contributed by atoms with Crippen molar-refractivity contribution in [3.8, 4) is 11.8 Å². The molecule has 8 heteroatoms. The molecule has 120 valence electrons. The first-order valence-corrected chi connectivity index (χ1v) is 8.13. The number of carbonyl (C=O) groups is 1. The van der Waals surface area contributed by atoms with E-state index in [2.05, 4.69) is 26.9 Å². The van der Waals surface area contributed by atoms with Crippen molar-refractivity contribution in [2.45, 2.75) is 31.5 Å². The molecule has 0 fully saturated rings. The number of tetrazole rings is 1. The van der Waals surface area contributed by atoms with Gasteiger partial charge in [-0.15, -0.1) is 5.10 Å². The summed E-state index contributed by atoms with van der Waals surface area (Å²) in [6, 6.07) is 11.6. The van der Waals surface area contributed by atoms with Crippen LogP contribution in [0.4, 0.5) is 0 Å². The van der Waals surface area contributed by atoms with E-state index in [1.54, 1.807) is 11.6 Å². The van der Waals surface area contributed by atoms with Crippen LogP contribution in [-0.2, 0) is 4.79 Å². The summed E-state index contributed by atoms with van der Waals surface area (Å²) < 4.78 is 1.57. The van der Waals surface area contributed by atoms with E-state index in [9.17, 15) is 10.1 Å². The molecule has 0 bridgehead atoms. The average Bonchev–Trinajstić information content (AvgIpc) is 3.02. The number of amides is 1. The Balaban J connectivity index is 2.02. The summed E-state index contributed by atoms with van der Waals surface area (Å²) >= 11 is 1.22. The highest BCUT2D eigenvalue weighted by Crippen LogP contribution is 2.19. The number of nitrogens with zero attached hydrogens (tertiary/aromatic N) is 5. The van der Waals surface area contributed by atoms with Crippen LogP contribution >= 0.6 is 11.8 Å². The summed E-state index contributed by atoms with van der Waals surface area (Å²) in [4.78, 5) is 12.1. The Labute approximate surface area is 139 Å². The first kappa shape index (κ1) is 17.0. The minimum atomic E-state index is -0.886. The summed E-state index contributed by atoms with van der Waals surface area (Å²) in [6.45, 7) is 5.51. The smallest absolute Gasteiger partial charge is 0.231 e. The molecule has 23 heavy (non-hydrogen) atoms. The number of hydrogen-bond acceptors (Lipinski definition) is 6. The summed E-state index contributed by atoms with van der Waals surface area (Å²) in [7, 11) is 0. The molecule has 0 aliphatic rings. The van der Waals surface area contributed by atoms with E-state index in [4.69, 9.17) is 0 Å². The number of aromatic nitrogens is 4. The van der Waals surface area contributed by atoms with Crippen molar-refractivity contribution < 1.29 is 4.79 Å². The number of nitriles is 1. The largest absolute Gasteiger partial charge is 0.337 e. The Morgan fingerprint density at radius 1 is 1.43 bits per heavy atom. The Bertz CT molecular complexity index is 708. The number of nitrogens with one attached hydrogen (secondary N) is 1. The van der Waals surface area contributed by atoms with Gasteiger partial charge in [0.1, 0.15) is 5.54 Å². The van der Waals surface area contributed by atoms with Gasteiger partial charge in [-0.25, -0.2) is 0 Å². The fourth-order valence-corrected chi connectivity index (χ4v) is 2.45. The monoisotopic (exact) mass is 330 g/mol. The Morgan fingerprint density at radius 2 is 2.13 bits per heavy atom. The third-order valence-electron chi connectivity index (χ3n) is 3.56. The molecule has 1 atom stereocenters. The van der Waals surface area contributed by atoms with Crippen LogP contribution in [0.5, 0.6) is 0 Å². The molecule has 1 amide bonds. The Hall–Kier alpha value is -2.40. The van der Waals surface area contributed by atoms with E-state index in [-0.39, 0.29) is 17.6 Å². The van der Waals surface area contributed by atoms with Crippen LogP contribution in [0.2, 0.25) is 0 Å². The number of para-hydroxylation sites is 1. The van der Waals surface area contributed by atoms with E-state index in [1.807, 2.05) is 44.2 Å². The highest BCUT2D eigenvalue weighted by molar-refractivity contribution is 7.99. The molecule has 0 spiro atoms. The van der Waals surface area contributed by atoms with Gasteiger partial charge in [0.15, 0.2) is 0 Å². The summed E-state index contributed by atoms with van der Waals surface area (Å²) in [5.74, 6) is -0.0801. The molecule has 2 aromatic rings. The first-order valence-electron chi connectivity index (χ1n) is 7.15. The molecule has 1 N–H and O–H groups in total. The summed E-state index contributed by atoms with van der Waals surface area (Å²) in [6.07, 6.45) is 0. The molecule has 0 saturated heterocycles. The van der Waals surface area contributed by atoms with Gasteiger partial charge in [0.05, 0.1) is 17.5 Å². The second-order valence-corrected chi connectivity index (χ2v) is 6.46. The van der Waals surface area contributed by atoms with Crippen LogP contribution in [0, 0.1) is 17.2 Å². The number of carbonyl (C=O) groups excluding carboxylic acids is 1. The highest BCUT2D eigenvalue weighted by Gasteiger charge is 2.30. The van der Waals surface area contributed by atoms with Gasteiger partial charge in [-0.3, -0.25) is 4.79 Å². The second kappa shape index (κ2) is 7.24. The fourth-order valence-electron chi connectivity index (χ4n) is 1.76. The van der Waals surface area contributed by atoms with Gasteiger partial charge in [0.25, 0.3) is 0 Å². The van der Waals surface area contributed by atoms with Crippen molar-refractivity contribution in [2.75, 3.05) is 5.75 Å². The van der Waals surface area contributed by atoms with Crippen LogP contribution in [-0.4, -0.2) is 37.4 Å². The topological polar surface area (TPSA) is 96.5 Å². The maximum absolute atomic E-state index is 12.1. The van der Waals surface area contributed by atoms with Crippen molar-refractivity contribution in [2.24, 2.45) is 5.92 Å². The average molecular weight is 330 g/mol. The van der Waals surface area contributed by atoms with E-state index < -0.39 is 5.54 Å². The van der Waals surface area contributed by atoms with Gasteiger partial charge < -0.3 is 5.32 Å². The number of thioether (sulfide) groups is 1. The zero-order chi connectivity index (χ0) is 16.9. The van der Waals surface area contributed by atoms with Gasteiger partial charge in [-0.05, 0) is 35.4 Å². The van der Waals surface area contributed by atoms with Crippen LogP contribution in [0.15, 0.2) is 35.5 Å². The lowest BCUT2D eigenvalue weighted by Crippen LogP contribution is -2.49. The molecule has 7 nitrogen and oxygen atoms in total. The molecule has 0 saturated carbocycles. The molecule has 0 unspecified atom stereocenters. The lowest BCUT2D eigenvalue weighted by atomic mass is 9.90. The van der Waals surface area contributed by atoms with Gasteiger partial charge in [-0.2, -0.15) is 9.94 Å². The minimum absolute atomic E-state index is 0.0103. The SMILES string of the molecule is CC(C)[C@@](C)(C#N)NC(=O)CSc1nnnn1-c1ccccc1.